The van der Waals surface area contributed by atoms with E-state index in [1.165, 1.54) is 16.6 Å². The van der Waals surface area contributed by atoms with E-state index in [0.29, 0.717) is 0 Å². The van der Waals surface area contributed by atoms with Gasteiger partial charge in [0.2, 0.25) is 0 Å². The van der Waals surface area contributed by atoms with Gasteiger partial charge in [0.1, 0.15) is 5.75 Å². The molecule has 1 N–H and O–H groups in total. The summed E-state index contributed by atoms with van der Waals surface area (Å²) in [4.78, 5) is 0. The Morgan fingerprint density at radius 3 is 2.71 bits per heavy atom. The minimum atomic E-state index is 0.161. The monoisotopic (exact) mass is 233 g/mol. The van der Waals surface area contributed by atoms with Crippen LogP contribution in [0.2, 0.25) is 0 Å². The molecule has 0 aliphatic carbocycles. The second kappa shape index (κ2) is 4.80. The zero-order valence-electron chi connectivity index (χ0n) is 10.6. The van der Waals surface area contributed by atoms with E-state index < -0.39 is 0 Å². The van der Waals surface area contributed by atoms with E-state index >= 15 is 0 Å². The van der Waals surface area contributed by atoms with Gasteiger partial charge in [0.05, 0.1) is 19.2 Å². The standard InChI is InChI=1S/C14H19NO2/c1-4-15-13(10(2)9-16)7-11-5-6-12(17-3)8-14(11)15/h5-8,10,16H,4,9H2,1-3H3. The molecule has 17 heavy (non-hydrogen) atoms. The molecule has 1 heterocycles. The summed E-state index contributed by atoms with van der Waals surface area (Å²) in [6.07, 6.45) is 0. The number of fused-ring (bicyclic) bond motifs is 1. The van der Waals surface area contributed by atoms with Crippen molar-refractivity contribution in [1.29, 1.82) is 0 Å². The van der Waals surface area contributed by atoms with Crippen LogP contribution in [0.4, 0.5) is 0 Å². The van der Waals surface area contributed by atoms with Crippen molar-refractivity contribution in [3.05, 3.63) is 30.0 Å². The summed E-state index contributed by atoms with van der Waals surface area (Å²) >= 11 is 0. The van der Waals surface area contributed by atoms with Crippen molar-refractivity contribution < 1.29 is 9.84 Å². The van der Waals surface area contributed by atoms with Crippen molar-refractivity contribution >= 4 is 10.9 Å². The fourth-order valence-electron chi connectivity index (χ4n) is 2.24. The zero-order chi connectivity index (χ0) is 12.4. The fraction of sp³-hybridized carbons (Fsp3) is 0.429. The Bertz CT molecular complexity index is 516. The van der Waals surface area contributed by atoms with Crippen LogP contribution >= 0.6 is 0 Å². The van der Waals surface area contributed by atoms with Crippen molar-refractivity contribution in [1.82, 2.24) is 4.57 Å². The number of hydrogen-bond acceptors (Lipinski definition) is 2. The topological polar surface area (TPSA) is 34.4 Å². The largest absolute Gasteiger partial charge is 0.497 e. The molecule has 3 heteroatoms. The normalized spacial score (nSPS) is 12.9. The molecule has 0 bridgehead atoms. The highest BCUT2D eigenvalue weighted by Gasteiger charge is 2.13. The molecule has 1 unspecified atom stereocenters. The van der Waals surface area contributed by atoms with E-state index in [9.17, 15) is 5.11 Å². The Labute approximate surface area is 102 Å². The van der Waals surface area contributed by atoms with Gasteiger partial charge in [-0.05, 0) is 25.1 Å². The number of methoxy groups -OCH3 is 1. The van der Waals surface area contributed by atoms with E-state index in [1.807, 2.05) is 19.1 Å². The van der Waals surface area contributed by atoms with Crippen LogP contribution < -0.4 is 4.74 Å². The third kappa shape index (κ3) is 2.03. The second-order valence-corrected chi connectivity index (χ2v) is 4.32. The lowest BCUT2D eigenvalue weighted by atomic mass is 10.1. The van der Waals surface area contributed by atoms with Crippen molar-refractivity contribution in [2.24, 2.45) is 0 Å². The first-order chi connectivity index (χ1) is 8.21. The van der Waals surface area contributed by atoms with Crippen molar-refractivity contribution in [2.75, 3.05) is 13.7 Å². The predicted molar refractivity (Wildman–Crippen MR) is 69.7 cm³/mol. The summed E-state index contributed by atoms with van der Waals surface area (Å²) < 4.78 is 7.49. The molecule has 2 rings (SSSR count). The van der Waals surface area contributed by atoms with E-state index in [2.05, 4.69) is 23.6 Å². The molecular weight excluding hydrogens is 214 g/mol. The summed E-state index contributed by atoms with van der Waals surface area (Å²) in [5, 5.41) is 10.5. The maximum atomic E-state index is 9.30. The minimum absolute atomic E-state index is 0.161. The van der Waals surface area contributed by atoms with Gasteiger partial charge in [-0.15, -0.1) is 0 Å². The molecule has 1 aromatic carbocycles. The smallest absolute Gasteiger partial charge is 0.120 e. The summed E-state index contributed by atoms with van der Waals surface area (Å²) in [7, 11) is 1.68. The first-order valence-corrected chi connectivity index (χ1v) is 5.99. The number of aliphatic hydroxyl groups is 1. The van der Waals surface area contributed by atoms with Crippen LogP contribution in [0.5, 0.6) is 5.75 Å². The molecule has 2 aromatic rings. The van der Waals surface area contributed by atoms with Crippen molar-refractivity contribution in [3.8, 4) is 5.75 Å². The van der Waals surface area contributed by atoms with Crippen LogP contribution in [0.3, 0.4) is 0 Å². The molecule has 0 saturated heterocycles. The number of ether oxygens (including phenoxy) is 1. The first kappa shape index (κ1) is 12.0. The lowest BCUT2D eigenvalue weighted by Gasteiger charge is -2.12. The minimum Gasteiger partial charge on any atom is -0.497 e. The molecule has 0 spiro atoms. The van der Waals surface area contributed by atoms with Crippen LogP contribution in [0, 0.1) is 0 Å². The van der Waals surface area contributed by atoms with Gasteiger partial charge in [-0.25, -0.2) is 0 Å². The third-order valence-corrected chi connectivity index (χ3v) is 3.24. The summed E-state index contributed by atoms with van der Waals surface area (Å²) in [5.41, 5.74) is 2.35. The molecule has 92 valence electrons. The van der Waals surface area contributed by atoms with Gasteiger partial charge in [-0.3, -0.25) is 0 Å². The molecule has 0 radical (unpaired) electrons. The lowest BCUT2D eigenvalue weighted by Crippen LogP contribution is -2.07. The fourth-order valence-corrected chi connectivity index (χ4v) is 2.24. The van der Waals surface area contributed by atoms with Gasteiger partial charge >= 0.3 is 0 Å². The highest BCUT2D eigenvalue weighted by molar-refractivity contribution is 5.83. The Kier molecular flexibility index (Phi) is 3.38. The number of rotatable bonds is 4. The van der Waals surface area contributed by atoms with Gasteiger partial charge in [0.25, 0.3) is 0 Å². The van der Waals surface area contributed by atoms with E-state index in [1.54, 1.807) is 7.11 Å². The highest BCUT2D eigenvalue weighted by Crippen LogP contribution is 2.28. The molecule has 0 saturated carbocycles. The average Bonchev–Trinajstić information content (AvgIpc) is 2.74. The number of aryl methyl sites for hydroxylation is 1. The van der Waals surface area contributed by atoms with Crippen molar-refractivity contribution in [3.63, 3.8) is 0 Å². The average molecular weight is 233 g/mol. The van der Waals surface area contributed by atoms with Crippen LogP contribution in [0.15, 0.2) is 24.3 Å². The van der Waals surface area contributed by atoms with E-state index in [-0.39, 0.29) is 12.5 Å². The Morgan fingerprint density at radius 2 is 2.12 bits per heavy atom. The Balaban J connectivity index is 2.63. The SMILES string of the molecule is CCn1c(C(C)CO)cc2ccc(OC)cc21. The van der Waals surface area contributed by atoms with Gasteiger partial charge in [0.15, 0.2) is 0 Å². The van der Waals surface area contributed by atoms with Crippen LogP contribution in [-0.4, -0.2) is 23.4 Å². The zero-order valence-corrected chi connectivity index (χ0v) is 10.6. The van der Waals surface area contributed by atoms with Gasteiger partial charge in [0, 0.05) is 29.6 Å². The molecule has 0 aliphatic rings. The predicted octanol–water partition coefficient (Wildman–Crippen LogP) is 2.77. The van der Waals surface area contributed by atoms with Crippen LogP contribution in [-0.2, 0) is 6.54 Å². The van der Waals surface area contributed by atoms with E-state index in [0.717, 1.165) is 12.3 Å². The van der Waals surface area contributed by atoms with Crippen LogP contribution in [0.25, 0.3) is 10.9 Å². The summed E-state index contributed by atoms with van der Waals surface area (Å²) in [6, 6.07) is 8.23. The number of benzene rings is 1. The molecular formula is C14H19NO2. The molecule has 0 amide bonds. The maximum Gasteiger partial charge on any atom is 0.120 e. The number of aromatic nitrogens is 1. The van der Waals surface area contributed by atoms with E-state index in [4.69, 9.17) is 4.74 Å². The second-order valence-electron chi connectivity index (χ2n) is 4.32. The van der Waals surface area contributed by atoms with Gasteiger partial charge in [-0.2, -0.15) is 0 Å². The molecule has 1 atom stereocenters. The number of hydrogen-bond donors (Lipinski definition) is 1. The number of nitrogens with zero attached hydrogens (tertiary/aromatic N) is 1. The van der Waals surface area contributed by atoms with Gasteiger partial charge in [-0.1, -0.05) is 6.92 Å². The third-order valence-electron chi connectivity index (χ3n) is 3.24. The highest BCUT2D eigenvalue weighted by atomic mass is 16.5. The lowest BCUT2D eigenvalue weighted by molar-refractivity contribution is 0.269. The Hall–Kier alpha value is -1.48. The molecule has 1 aromatic heterocycles. The summed E-state index contributed by atoms with van der Waals surface area (Å²) in [5.74, 6) is 1.03. The van der Waals surface area contributed by atoms with Crippen molar-refractivity contribution in [2.45, 2.75) is 26.3 Å². The van der Waals surface area contributed by atoms with Crippen LogP contribution in [0.1, 0.15) is 25.5 Å². The molecule has 3 nitrogen and oxygen atoms in total. The first-order valence-electron chi connectivity index (χ1n) is 5.99. The quantitative estimate of drug-likeness (QED) is 0.881. The molecule has 0 fully saturated rings. The Morgan fingerprint density at radius 1 is 1.35 bits per heavy atom. The van der Waals surface area contributed by atoms with Gasteiger partial charge < -0.3 is 14.4 Å². The maximum absolute atomic E-state index is 9.30. The molecule has 0 aliphatic heterocycles. The number of aliphatic hydroxyl groups excluding tert-OH is 1. The summed E-state index contributed by atoms with van der Waals surface area (Å²) in [6.45, 7) is 5.23.